The number of amides is 4. The summed E-state index contributed by atoms with van der Waals surface area (Å²) in [5, 5.41) is 20.6. The monoisotopic (exact) mass is 709 g/mol. The van der Waals surface area contributed by atoms with Gasteiger partial charge in [0.05, 0.1) is 32.1 Å². The van der Waals surface area contributed by atoms with E-state index in [0.717, 1.165) is 53.0 Å². The summed E-state index contributed by atoms with van der Waals surface area (Å²) in [5.41, 5.74) is 12.3. The molecule has 4 amide bonds. The van der Waals surface area contributed by atoms with E-state index in [1.165, 1.54) is 24.7 Å². The number of nitrogens with two attached hydrogens (primary N) is 2. The molecule has 1 saturated heterocycles. The van der Waals surface area contributed by atoms with Crippen LogP contribution in [0.2, 0.25) is 0 Å². The second-order valence-corrected chi connectivity index (χ2v) is 15.3. The Hall–Kier alpha value is -4.37. The van der Waals surface area contributed by atoms with Gasteiger partial charge in [-0.3, -0.25) is 19.4 Å². The largest absolute Gasteiger partial charge is 0.481 e. The molecule has 2 bridgehead atoms. The quantitative estimate of drug-likeness (QED) is 0.0511. The van der Waals surface area contributed by atoms with E-state index in [-0.39, 0.29) is 56.6 Å². The number of quaternary nitrogens is 1. The van der Waals surface area contributed by atoms with Crippen LogP contribution in [0.4, 0.5) is 4.79 Å². The Kier molecular flexibility index (Phi) is 9.98. The number of carbonyl (C=O) groups excluding carboxylic acids is 4. The molecule has 1 aromatic rings. The molecule has 15 heteroatoms. The van der Waals surface area contributed by atoms with Crippen LogP contribution in [0.1, 0.15) is 63.0 Å². The van der Waals surface area contributed by atoms with Crippen molar-refractivity contribution in [1.82, 2.24) is 20.9 Å². The van der Waals surface area contributed by atoms with Gasteiger partial charge in [0, 0.05) is 57.9 Å². The smallest absolute Gasteiger partial charge is 0.415 e. The number of nitrogens with zero attached hydrogens (tertiary/aromatic N) is 3. The third-order valence-electron chi connectivity index (χ3n) is 11.8. The number of likely N-dealkylation sites (N-methyl/N-ethyl adjacent to an activating group) is 2. The molecule has 2 heterocycles. The van der Waals surface area contributed by atoms with E-state index < -0.39 is 35.0 Å². The van der Waals surface area contributed by atoms with E-state index >= 15 is 0 Å². The van der Waals surface area contributed by atoms with Crippen LogP contribution in [-0.2, 0) is 26.2 Å². The molecule has 1 aromatic carbocycles. The zero-order valence-electron chi connectivity index (χ0n) is 30.0. The summed E-state index contributed by atoms with van der Waals surface area (Å²) < 4.78 is 13.5. The first-order valence-corrected chi connectivity index (χ1v) is 18.1. The Labute approximate surface area is 298 Å². The van der Waals surface area contributed by atoms with Gasteiger partial charge < -0.3 is 51.4 Å². The Morgan fingerprint density at radius 1 is 1.22 bits per heavy atom. The fourth-order valence-electron chi connectivity index (χ4n) is 9.09. The molecule has 3 aliphatic carbocycles. The molecule has 2 aliphatic heterocycles. The Bertz CT molecular complexity index is 1630. The average Bonchev–Trinajstić information content (AvgIpc) is 3.81. The minimum atomic E-state index is -0.955. The van der Waals surface area contributed by atoms with Crippen LogP contribution < -0.4 is 36.9 Å². The maximum atomic E-state index is 13.4. The number of hydrogen-bond acceptors (Lipinski definition) is 8. The third-order valence-corrected chi connectivity index (χ3v) is 11.8. The Balaban J connectivity index is 1.11. The maximum Gasteiger partial charge on any atom is 0.415 e. The number of piperidine rings is 1. The summed E-state index contributed by atoms with van der Waals surface area (Å²) in [4.78, 5) is 55.3. The van der Waals surface area contributed by atoms with E-state index in [2.05, 4.69) is 34.6 Å². The zero-order chi connectivity index (χ0) is 36.7. The number of likely N-dealkylation sites (tertiary alicyclic amines) is 1. The summed E-state index contributed by atoms with van der Waals surface area (Å²) in [7, 11) is 3.89. The van der Waals surface area contributed by atoms with Gasteiger partial charge >= 0.3 is 6.09 Å². The van der Waals surface area contributed by atoms with Crippen molar-refractivity contribution in [2.75, 3.05) is 53.4 Å². The maximum absolute atomic E-state index is 13.4. The standard InChI is InChI=1S/C36H52N8O7/c1-21-11-12-36(49)27-18-24-9-10-26(30-29(24)35(36,31(21)51-30)13-17-44(27,4)20-23-7-8-23)50-34(48)43(3)16-15-39-32(47)25(6-5-14-40-33(37)38)42-28(46)19-41-22(2)45/h9-10,23,25,27,31,49H,1,5-8,11-20H2,2-4H3,(H6-,37,38,39,40,41,42,45,46,47)/p+1/t25-,27-,31-,35-,36+,44?/m0/s1. The Morgan fingerprint density at radius 3 is 2.69 bits per heavy atom. The first-order chi connectivity index (χ1) is 24.2. The molecule has 6 atom stereocenters. The van der Waals surface area contributed by atoms with Gasteiger partial charge in [0.1, 0.15) is 23.8 Å². The van der Waals surface area contributed by atoms with Crippen molar-refractivity contribution >= 4 is 29.8 Å². The predicted molar refractivity (Wildman–Crippen MR) is 189 cm³/mol. The molecule has 2 saturated carbocycles. The second kappa shape index (κ2) is 14.0. The van der Waals surface area contributed by atoms with Crippen LogP contribution in [0.25, 0.3) is 0 Å². The normalized spacial score (nSPS) is 28.7. The number of guanidine groups is 1. The van der Waals surface area contributed by atoms with Crippen molar-refractivity contribution in [3.8, 4) is 11.5 Å². The molecule has 278 valence electrons. The summed E-state index contributed by atoms with van der Waals surface area (Å²) in [6.45, 7) is 7.92. The van der Waals surface area contributed by atoms with Crippen LogP contribution in [0.3, 0.4) is 0 Å². The van der Waals surface area contributed by atoms with Crippen LogP contribution in [-0.4, -0.2) is 121 Å². The van der Waals surface area contributed by atoms with Gasteiger partial charge in [-0.25, -0.2) is 4.79 Å². The number of rotatable bonds is 14. The lowest BCUT2D eigenvalue weighted by atomic mass is 9.48. The molecule has 0 aromatic heterocycles. The fourth-order valence-corrected chi connectivity index (χ4v) is 9.09. The molecule has 5 aliphatic rings. The van der Waals surface area contributed by atoms with Crippen molar-refractivity contribution in [2.24, 2.45) is 22.4 Å². The van der Waals surface area contributed by atoms with E-state index in [4.69, 9.17) is 20.9 Å². The van der Waals surface area contributed by atoms with E-state index in [0.29, 0.717) is 30.8 Å². The van der Waals surface area contributed by atoms with Crippen molar-refractivity contribution < 1.29 is 38.2 Å². The summed E-state index contributed by atoms with van der Waals surface area (Å²) in [5.74, 6) is 0.125. The van der Waals surface area contributed by atoms with Gasteiger partial charge in [0.25, 0.3) is 0 Å². The van der Waals surface area contributed by atoms with E-state index in [1.54, 1.807) is 13.1 Å². The van der Waals surface area contributed by atoms with Crippen LogP contribution >= 0.6 is 0 Å². The lowest BCUT2D eigenvalue weighted by Gasteiger charge is -2.65. The number of carbonyl (C=O) groups is 4. The highest BCUT2D eigenvalue weighted by molar-refractivity contribution is 5.89. The van der Waals surface area contributed by atoms with E-state index in [9.17, 15) is 24.3 Å². The molecule has 1 spiro atoms. The fraction of sp³-hybridized carbons (Fsp3) is 0.639. The minimum absolute atomic E-state index is 0.0580. The molecule has 51 heavy (non-hydrogen) atoms. The number of aliphatic hydroxyl groups is 1. The first kappa shape index (κ1) is 36.4. The predicted octanol–water partition coefficient (Wildman–Crippen LogP) is 0.173. The molecule has 1 unspecified atom stereocenters. The molecule has 6 rings (SSSR count). The number of nitrogens with one attached hydrogen (secondary N) is 3. The first-order valence-electron chi connectivity index (χ1n) is 18.1. The topological polar surface area (TPSA) is 211 Å². The lowest BCUT2D eigenvalue weighted by Crippen LogP contribution is -2.80. The molecular weight excluding hydrogens is 656 g/mol. The molecule has 15 nitrogen and oxygen atoms in total. The molecular formula is C36H53N8O7+. The number of hydrogen-bond donors (Lipinski definition) is 6. The van der Waals surface area contributed by atoms with Gasteiger partial charge in [0.2, 0.25) is 17.7 Å². The van der Waals surface area contributed by atoms with Gasteiger partial charge in [-0.1, -0.05) is 12.6 Å². The van der Waals surface area contributed by atoms with Gasteiger partial charge in [0.15, 0.2) is 17.5 Å². The van der Waals surface area contributed by atoms with Gasteiger partial charge in [-0.2, -0.15) is 0 Å². The van der Waals surface area contributed by atoms with E-state index in [1.807, 2.05) is 6.07 Å². The number of aliphatic imine (C=N–C) groups is 1. The van der Waals surface area contributed by atoms with Crippen molar-refractivity contribution in [3.05, 3.63) is 35.4 Å². The average molecular weight is 710 g/mol. The van der Waals surface area contributed by atoms with Gasteiger partial charge in [-0.15, -0.1) is 0 Å². The molecule has 3 fully saturated rings. The second-order valence-electron chi connectivity index (χ2n) is 15.3. The minimum Gasteiger partial charge on any atom is -0.481 e. The summed E-state index contributed by atoms with van der Waals surface area (Å²) in [6.07, 6.45) is 5.02. The van der Waals surface area contributed by atoms with Crippen molar-refractivity contribution in [2.45, 2.75) is 87.5 Å². The molecule has 0 radical (unpaired) electrons. The number of ether oxygens (including phenoxy) is 2. The zero-order valence-corrected chi connectivity index (χ0v) is 30.0. The van der Waals surface area contributed by atoms with Crippen LogP contribution in [0, 0.1) is 5.92 Å². The summed E-state index contributed by atoms with van der Waals surface area (Å²) in [6, 6.07) is 2.97. The van der Waals surface area contributed by atoms with Crippen LogP contribution in [0.5, 0.6) is 11.5 Å². The SMILES string of the molecule is C=C1CC[C@@]2(O)[C@@H]3Cc4ccc(OC(=O)N(C)CCNC(=O)[C@H](CCCN=C(N)N)NC(=O)CNC(C)=O)c5c4[C@@]2(CC[N+]3(C)CC2CC2)[C@H]1O5. The highest BCUT2D eigenvalue weighted by atomic mass is 16.6. The van der Waals surface area contributed by atoms with Crippen molar-refractivity contribution in [3.63, 3.8) is 0 Å². The highest BCUT2D eigenvalue weighted by Crippen LogP contribution is 2.67. The summed E-state index contributed by atoms with van der Waals surface area (Å²) >= 11 is 0. The molecule has 8 N–H and O–H groups in total. The lowest BCUT2D eigenvalue weighted by molar-refractivity contribution is -0.950. The van der Waals surface area contributed by atoms with Gasteiger partial charge in [-0.05, 0) is 55.7 Å². The number of benzene rings is 1. The highest BCUT2D eigenvalue weighted by Gasteiger charge is 2.75. The Morgan fingerprint density at radius 2 is 1.98 bits per heavy atom. The van der Waals surface area contributed by atoms with Crippen molar-refractivity contribution in [1.29, 1.82) is 0 Å². The third kappa shape index (κ3) is 6.85. The van der Waals surface area contributed by atoms with Crippen LogP contribution in [0.15, 0.2) is 29.3 Å².